The molecule has 0 radical (unpaired) electrons. The van der Waals surface area contributed by atoms with E-state index in [0.29, 0.717) is 12.5 Å². The van der Waals surface area contributed by atoms with Gasteiger partial charge in [0.2, 0.25) is 0 Å². The van der Waals surface area contributed by atoms with Crippen molar-refractivity contribution in [2.75, 3.05) is 30.6 Å². The summed E-state index contributed by atoms with van der Waals surface area (Å²) in [7, 11) is -3.32. The maximum absolute atomic E-state index is 11.7. The van der Waals surface area contributed by atoms with E-state index < -0.39 is 21.4 Å². The van der Waals surface area contributed by atoms with E-state index in [1.165, 1.54) is 6.92 Å². The van der Waals surface area contributed by atoms with Gasteiger partial charge in [-0.2, -0.15) is 0 Å². The number of aliphatic hydroxyl groups is 1. The molecule has 184 valence electrons. The summed E-state index contributed by atoms with van der Waals surface area (Å²) in [6, 6.07) is 11.4. The smallest absolute Gasteiger partial charge is 0.156 e. The topological polar surface area (TPSA) is 72.8 Å². The molecule has 0 bridgehead atoms. The fraction of sp³-hybridized carbons (Fsp3) is 0.500. The first kappa shape index (κ1) is 28.1. The highest BCUT2D eigenvalue weighted by molar-refractivity contribution is 7.91. The molecule has 0 heterocycles. The number of sulfone groups is 1. The molecule has 33 heavy (non-hydrogen) atoms. The van der Waals surface area contributed by atoms with E-state index >= 15 is 0 Å². The highest BCUT2D eigenvalue weighted by Crippen LogP contribution is 2.40. The zero-order valence-electron chi connectivity index (χ0n) is 19.3. The van der Waals surface area contributed by atoms with Gasteiger partial charge >= 0.3 is 0 Å². The van der Waals surface area contributed by atoms with Crippen LogP contribution in [-0.2, 0) is 15.3 Å². The number of alkyl halides is 1. The van der Waals surface area contributed by atoms with E-state index in [9.17, 15) is 13.5 Å². The number of benzene rings is 2. The average Bonchev–Trinajstić information content (AvgIpc) is 2.76. The molecule has 0 aliphatic rings. The molecule has 0 spiro atoms. The summed E-state index contributed by atoms with van der Waals surface area (Å²) in [6.07, 6.45) is -1.17. The molecule has 0 fully saturated rings. The van der Waals surface area contributed by atoms with Crippen LogP contribution in [-0.4, -0.2) is 50.2 Å². The SMILES string of the molecule is CCS(=O)(=O)C[C@@H](O)COc1c(Cl)cc(C(C)(C)c2ccc(OC[C@H](C)CCl)cc2)cc1Cl. The van der Waals surface area contributed by atoms with Crippen LogP contribution < -0.4 is 9.47 Å². The first-order chi connectivity index (χ1) is 15.4. The Bertz CT molecular complexity index is 1000. The fourth-order valence-corrected chi connectivity index (χ4v) is 4.72. The lowest BCUT2D eigenvalue weighted by Gasteiger charge is -2.27. The average molecular weight is 538 g/mol. The van der Waals surface area contributed by atoms with Crippen molar-refractivity contribution in [3.63, 3.8) is 0 Å². The Morgan fingerprint density at radius 1 is 1.00 bits per heavy atom. The van der Waals surface area contributed by atoms with Crippen LogP contribution in [0.5, 0.6) is 11.5 Å². The van der Waals surface area contributed by atoms with Gasteiger partial charge in [0.1, 0.15) is 18.5 Å². The minimum Gasteiger partial charge on any atom is -0.493 e. The lowest BCUT2D eigenvalue weighted by molar-refractivity contribution is 0.125. The Kier molecular flexibility index (Phi) is 10.2. The summed E-state index contributed by atoms with van der Waals surface area (Å²) in [5.41, 5.74) is 1.51. The molecule has 5 nitrogen and oxygen atoms in total. The highest BCUT2D eigenvalue weighted by Gasteiger charge is 2.26. The first-order valence-corrected chi connectivity index (χ1v) is 13.8. The first-order valence-electron chi connectivity index (χ1n) is 10.7. The Balaban J connectivity index is 2.15. The van der Waals surface area contributed by atoms with E-state index in [-0.39, 0.29) is 39.8 Å². The molecule has 1 N–H and O–H groups in total. The third-order valence-electron chi connectivity index (χ3n) is 5.40. The van der Waals surface area contributed by atoms with Crippen LogP contribution in [0.4, 0.5) is 0 Å². The second-order valence-corrected chi connectivity index (χ2v) is 12.2. The highest BCUT2D eigenvalue weighted by atomic mass is 35.5. The summed E-state index contributed by atoms with van der Waals surface area (Å²) in [5.74, 6) is 1.37. The molecule has 2 rings (SSSR count). The standard InChI is InChI=1S/C24H31Cl3O5S/c1-5-33(29,30)15-19(28)14-32-23-21(26)10-18(11-22(23)27)24(3,4)17-6-8-20(9-7-17)31-13-16(2)12-25/h6-11,16,19,28H,5,12-15H2,1-4H3/t16-,19+/m1/s1. The molecule has 9 heteroatoms. The van der Waals surface area contributed by atoms with Gasteiger partial charge < -0.3 is 14.6 Å². The summed E-state index contributed by atoms with van der Waals surface area (Å²) in [6.45, 7) is 7.99. The molecule has 0 amide bonds. The van der Waals surface area contributed by atoms with Crippen LogP contribution >= 0.6 is 34.8 Å². The van der Waals surface area contributed by atoms with Gasteiger partial charge in [0.15, 0.2) is 15.6 Å². The zero-order valence-corrected chi connectivity index (χ0v) is 22.4. The van der Waals surface area contributed by atoms with Gasteiger partial charge in [0, 0.05) is 23.0 Å². The van der Waals surface area contributed by atoms with Gasteiger partial charge in [0.05, 0.1) is 22.4 Å². The fourth-order valence-electron chi connectivity index (χ4n) is 3.11. The van der Waals surface area contributed by atoms with Crippen molar-refractivity contribution in [2.24, 2.45) is 5.92 Å². The number of halogens is 3. The third-order valence-corrected chi connectivity index (χ3v) is 8.26. The molecule has 2 aromatic carbocycles. The molecule has 0 saturated carbocycles. The minimum absolute atomic E-state index is 0.0466. The van der Waals surface area contributed by atoms with Crippen LogP contribution in [0.3, 0.4) is 0 Å². The summed E-state index contributed by atoms with van der Waals surface area (Å²) < 4.78 is 34.7. The lowest BCUT2D eigenvalue weighted by atomic mass is 9.78. The zero-order chi connectivity index (χ0) is 24.8. The number of aliphatic hydroxyl groups excluding tert-OH is 1. The Labute approximate surface area is 211 Å². The second kappa shape index (κ2) is 12.0. The van der Waals surface area contributed by atoms with E-state index in [2.05, 4.69) is 13.8 Å². The lowest BCUT2D eigenvalue weighted by Crippen LogP contribution is -2.28. The number of hydrogen-bond donors (Lipinski definition) is 1. The Morgan fingerprint density at radius 2 is 1.58 bits per heavy atom. The van der Waals surface area contributed by atoms with E-state index in [0.717, 1.165) is 16.9 Å². The molecule has 0 aliphatic heterocycles. The van der Waals surface area contributed by atoms with Gasteiger partial charge in [-0.3, -0.25) is 0 Å². The van der Waals surface area contributed by atoms with Crippen molar-refractivity contribution in [1.82, 2.24) is 0 Å². The predicted octanol–water partition coefficient (Wildman–Crippen LogP) is 5.75. The number of hydrogen-bond acceptors (Lipinski definition) is 5. The van der Waals surface area contributed by atoms with E-state index in [1.807, 2.05) is 31.2 Å². The Morgan fingerprint density at radius 3 is 2.09 bits per heavy atom. The van der Waals surface area contributed by atoms with Crippen LogP contribution in [0, 0.1) is 5.92 Å². The number of rotatable bonds is 12. The van der Waals surface area contributed by atoms with Gasteiger partial charge in [-0.1, -0.05) is 63.0 Å². The van der Waals surface area contributed by atoms with Crippen LogP contribution in [0.2, 0.25) is 10.0 Å². The predicted molar refractivity (Wildman–Crippen MR) is 136 cm³/mol. The van der Waals surface area contributed by atoms with Gasteiger partial charge in [-0.25, -0.2) is 8.42 Å². The van der Waals surface area contributed by atoms with Gasteiger partial charge in [0.25, 0.3) is 0 Å². The molecule has 2 aromatic rings. The van der Waals surface area contributed by atoms with Crippen molar-refractivity contribution in [3.8, 4) is 11.5 Å². The van der Waals surface area contributed by atoms with E-state index in [1.54, 1.807) is 12.1 Å². The summed E-state index contributed by atoms with van der Waals surface area (Å²) in [4.78, 5) is 0. The van der Waals surface area contributed by atoms with Gasteiger partial charge in [-0.15, -0.1) is 11.6 Å². The molecule has 2 atom stereocenters. The maximum Gasteiger partial charge on any atom is 0.156 e. The third kappa shape index (κ3) is 7.93. The summed E-state index contributed by atoms with van der Waals surface area (Å²) in [5, 5.41) is 10.6. The van der Waals surface area contributed by atoms with Gasteiger partial charge in [-0.05, 0) is 35.4 Å². The van der Waals surface area contributed by atoms with Crippen molar-refractivity contribution in [2.45, 2.75) is 39.2 Å². The van der Waals surface area contributed by atoms with Crippen LogP contribution in [0.15, 0.2) is 36.4 Å². The monoisotopic (exact) mass is 536 g/mol. The van der Waals surface area contributed by atoms with Crippen LogP contribution in [0.1, 0.15) is 38.8 Å². The largest absolute Gasteiger partial charge is 0.493 e. The quantitative estimate of drug-likeness (QED) is 0.349. The van der Waals surface area contributed by atoms with Crippen LogP contribution in [0.25, 0.3) is 0 Å². The molecule has 0 aromatic heterocycles. The molecule has 0 unspecified atom stereocenters. The van der Waals surface area contributed by atoms with E-state index in [4.69, 9.17) is 44.3 Å². The van der Waals surface area contributed by atoms with Crippen molar-refractivity contribution < 1.29 is 23.0 Å². The maximum atomic E-state index is 11.7. The summed E-state index contributed by atoms with van der Waals surface area (Å²) >= 11 is 18.7. The molecule has 0 aliphatic carbocycles. The molecular formula is C24H31Cl3O5S. The minimum atomic E-state index is -3.32. The number of ether oxygens (including phenoxy) is 2. The van der Waals surface area contributed by atoms with Crippen molar-refractivity contribution in [1.29, 1.82) is 0 Å². The second-order valence-electron chi connectivity index (χ2n) is 8.65. The van der Waals surface area contributed by atoms with Crippen molar-refractivity contribution in [3.05, 3.63) is 57.6 Å². The van der Waals surface area contributed by atoms with Crippen molar-refractivity contribution >= 4 is 44.6 Å². The Hall–Kier alpha value is -1.18. The molecular weight excluding hydrogens is 507 g/mol. The molecule has 0 saturated heterocycles. The normalized spacial score (nSPS) is 14.1.